The van der Waals surface area contributed by atoms with Crippen LogP contribution in [0.15, 0.2) is 0 Å². The number of hydrogen-bond donors (Lipinski definition) is 2. The van der Waals surface area contributed by atoms with Crippen LogP contribution in [0, 0.1) is 5.41 Å². The van der Waals surface area contributed by atoms with E-state index in [4.69, 9.17) is 10.8 Å². The van der Waals surface area contributed by atoms with Gasteiger partial charge in [-0.25, -0.2) is 4.79 Å². The number of nitrogens with two attached hydrogens (primary N) is 1. The molecule has 5 heteroatoms. The van der Waals surface area contributed by atoms with Crippen LogP contribution in [0.4, 0.5) is 4.79 Å². The van der Waals surface area contributed by atoms with Crippen LogP contribution in [-0.2, 0) is 4.84 Å². The van der Waals surface area contributed by atoms with Crippen molar-refractivity contribution >= 4 is 6.16 Å². The van der Waals surface area contributed by atoms with E-state index >= 15 is 0 Å². The number of carboxylic acid groups (broad SMARTS) is 1. The van der Waals surface area contributed by atoms with E-state index in [1.165, 1.54) is 5.06 Å². The van der Waals surface area contributed by atoms with E-state index in [1.54, 1.807) is 0 Å². The maximum absolute atomic E-state index is 10.2. The van der Waals surface area contributed by atoms with Gasteiger partial charge in [0.15, 0.2) is 0 Å². The van der Waals surface area contributed by atoms with Crippen molar-refractivity contribution < 1.29 is 14.7 Å². The standard InChI is InChI=1S/C7H12N2O3/c8-5-3-9(12-6(10)11)4-7(5)1-2-7/h5H,1-4,8H2,(H,10,11). The van der Waals surface area contributed by atoms with Gasteiger partial charge in [0.05, 0.1) is 6.54 Å². The molecule has 0 aromatic carbocycles. The van der Waals surface area contributed by atoms with Crippen LogP contribution in [0.2, 0.25) is 0 Å². The van der Waals surface area contributed by atoms with Crippen molar-refractivity contribution in [2.24, 2.45) is 11.1 Å². The van der Waals surface area contributed by atoms with E-state index in [2.05, 4.69) is 4.84 Å². The fourth-order valence-electron chi connectivity index (χ4n) is 1.82. The monoisotopic (exact) mass is 172 g/mol. The van der Waals surface area contributed by atoms with Crippen molar-refractivity contribution in [3.05, 3.63) is 0 Å². The second kappa shape index (κ2) is 2.34. The molecule has 1 unspecified atom stereocenters. The Morgan fingerprint density at radius 1 is 1.67 bits per heavy atom. The highest BCUT2D eigenvalue weighted by atomic mass is 16.8. The van der Waals surface area contributed by atoms with Gasteiger partial charge >= 0.3 is 6.16 Å². The van der Waals surface area contributed by atoms with E-state index < -0.39 is 6.16 Å². The van der Waals surface area contributed by atoms with E-state index in [1.807, 2.05) is 0 Å². The van der Waals surface area contributed by atoms with Crippen LogP contribution in [-0.4, -0.2) is 35.5 Å². The molecule has 12 heavy (non-hydrogen) atoms. The minimum atomic E-state index is -1.25. The van der Waals surface area contributed by atoms with E-state index in [0.29, 0.717) is 13.1 Å². The van der Waals surface area contributed by atoms with Crippen LogP contribution in [0.3, 0.4) is 0 Å². The second-order valence-corrected chi connectivity index (χ2v) is 3.65. The summed E-state index contributed by atoms with van der Waals surface area (Å²) in [5.74, 6) is 0. The molecule has 68 valence electrons. The van der Waals surface area contributed by atoms with Gasteiger partial charge in [0.2, 0.25) is 0 Å². The topological polar surface area (TPSA) is 75.8 Å². The summed E-state index contributed by atoms with van der Waals surface area (Å²) in [7, 11) is 0. The normalized spacial score (nSPS) is 32.2. The molecule has 0 aromatic heterocycles. The first-order valence-electron chi connectivity index (χ1n) is 4.04. The summed E-state index contributed by atoms with van der Waals surface area (Å²) in [6.07, 6.45) is 0.960. The minimum absolute atomic E-state index is 0.0804. The third-order valence-electron chi connectivity index (χ3n) is 2.78. The number of nitrogens with zero attached hydrogens (tertiary/aromatic N) is 1. The Balaban J connectivity index is 1.93. The van der Waals surface area contributed by atoms with Crippen LogP contribution >= 0.6 is 0 Å². The Kier molecular flexibility index (Phi) is 1.52. The van der Waals surface area contributed by atoms with Crippen LogP contribution in [0.1, 0.15) is 12.8 Å². The number of rotatable bonds is 1. The lowest BCUT2D eigenvalue weighted by molar-refractivity contribution is -0.106. The van der Waals surface area contributed by atoms with Crippen molar-refractivity contribution in [2.75, 3.05) is 13.1 Å². The van der Waals surface area contributed by atoms with E-state index in [0.717, 1.165) is 12.8 Å². The Morgan fingerprint density at radius 3 is 2.75 bits per heavy atom. The smallest absolute Gasteiger partial charge is 0.448 e. The molecule has 2 rings (SSSR count). The Labute approximate surface area is 70.0 Å². The molecular weight excluding hydrogens is 160 g/mol. The quantitative estimate of drug-likeness (QED) is 0.583. The summed E-state index contributed by atoms with van der Waals surface area (Å²) < 4.78 is 0. The fourth-order valence-corrected chi connectivity index (χ4v) is 1.82. The highest BCUT2D eigenvalue weighted by Crippen LogP contribution is 2.51. The van der Waals surface area contributed by atoms with Gasteiger partial charge in [-0.15, -0.1) is 5.06 Å². The van der Waals surface area contributed by atoms with Crippen molar-refractivity contribution in [2.45, 2.75) is 18.9 Å². The Bertz CT molecular complexity index is 215. The third kappa shape index (κ3) is 1.15. The molecule has 2 aliphatic rings. The number of hydroxylamine groups is 2. The van der Waals surface area contributed by atoms with Crippen molar-refractivity contribution in [1.29, 1.82) is 0 Å². The molecule has 0 bridgehead atoms. The highest BCUT2D eigenvalue weighted by Gasteiger charge is 2.54. The zero-order valence-corrected chi connectivity index (χ0v) is 6.69. The average Bonchev–Trinajstić information content (AvgIpc) is 2.60. The van der Waals surface area contributed by atoms with Crippen molar-refractivity contribution in [1.82, 2.24) is 5.06 Å². The summed E-state index contributed by atoms with van der Waals surface area (Å²) in [4.78, 5) is 14.7. The van der Waals surface area contributed by atoms with Gasteiger partial charge in [0.1, 0.15) is 0 Å². The molecule has 0 radical (unpaired) electrons. The lowest BCUT2D eigenvalue weighted by Crippen LogP contribution is -2.30. The maximum Gasteiger partial charge on any atom is 0.525 e. The van der Waals surface area contributed by atoms with Gasteiger partial charge in [-0.2, -0.15) is 0 Å². The van der Waals surface area contributed by atoms with Crippen LogP contribution < -0.4 is 5.73 Å². The van der Waals surface area contributed by atoms with Gasteiger partial charge in [0.25, 0.3) is 0 Å². The summed E-state index contributed by atoms with van der Waals surface area (Å²) in [5, 5.41) is 9.79. The van der Waals surface area contributed by atoms with Gasteiger partial charge in [-0.3, -0.25) is 0 Å². The van der Waals surface area contributed by atoms with Crippen molar-refractivity contribution in [3.8, 4) is 0 Å². The van der Waals surface area contributed by atoms with Crippen LogP contribution in [0.5, 0.6) is 0 Å². The second-order valence-electron chi connectivity index (χ2n) is 3.65. The predicted molar refractivity (Wildman–Crippen MR) is 40.3 cm³/mol. The minimum Gasteiger partial charge on any atom is -0.448 e. The molecule has 1 atom stereocenters. The first kappa shape index (κ1) is 7.82. The first-order valence-corrected chi connectivity index (χ1v) is 4.04. The molecular formula is C7H12N2O3. The Hall–Kier alpha value is -0.810. The average molecular weight is 172 g/mol. The molecule has 2 fully saturated rings. The molecule has 5 nitrogen and oxygen atoms in total. The summed E-state index contributed by atoms with van der Waals surface area (Å²) >= 11 is 0. The lowest BCUT2D eigenvalue weighted by atomic mass is 10.0. The molecule has 1 aliphatic heterocycles. The molecule has 1 spiro atoms. The molecule has 1 saturated heterocycles. The Morgan fingerprint density at radius 2 is 2.33 bits per heavy atom. The molecule has 3 N–H and O–H groups in total. The van der Waals surface area contributed by atoms with Gasteiger partial charge in [-0.1, -0.05) is 0 Å². The summed E-state index contributed by atoms with van der Waals surface area (Å²) in [5.41, 5.74) is 6.00. The van der Waals surface area contributed by atoms with E-state index in [9.17, 15) is 4.79 Å². The lowest BCUT2D eigenvalue weighted by Gasteiger charge is -2.11. The molecule has 1 heterocycles. The van der Waals surface area contributed by atoms with E-state index in [-0.39, 0.29) is 11.5 Å². The molecule has 0 aromatic rings. The third-order valence-corrected chi connectivity index (χ3v) is 2.78. The predicted octanol–water partition coefficient (Wildman–Crippen LogP) is 0.0191. The highest BCUT2D eigenvalue weighted by molar-refractivity contribution is 5.56. The summed E-state index contributed by atoms with van der Waals surface area (Å²) in [6, 6.07) is 0.0804. The SMILES string of the molecule is NC1CN(OC(=O)O)CC12CC2. The molecule has 1 saturated carbocycles. The van der Waals surface area contributed by atoms with Gasteiger partial charge < -0.3 is 15.7 Å². The maximum atomic E-state index is 10.2. The van der Waals surface area contributed by atoms with Crippen molar-refractivity contribution in [3.63, 3.8) is 0 Å². The zero-order valence-electron chi connectivity index (χ0n) is 6.69. The number of hydrogen-bond acceptors (Lipinski definition) is 4. The fraction of sp³-hybridized carbons (Fsp3) is 0.857. The van der Waals surface area contributed by atoms with Gasteiger partial charge in [0, 0.05) is 18.0 Å². The zero-order chi connectivity index (χ0) is 8.77. The summed E-state index contributed by atoms with van der Waals surface area (Å²) in [6.45, 7) is 1.20. The van der Waals surface area contributed by atoms with Gasteiger partial charge in [-0.05, 0) is 12.8 Å². The largest absolute Gasteiger partial charge is 0.525 e. The molecule has 0 amide bonds. The molecule has 1 aliphatic carbocycles. The first-order chi connectivity index (χ1) is 5.62. The van der Waals surface area contributed by atoms with Crippen LogP contribution in [0.25, 0.3) is 0 Å². The number of carbonyl (C=O) groups is 1.